The van der Waals surface area contributed by atoms with Gasteiger partial charge in [-0.15, -0.1) is 0 Å². The molecule has 0 unspecified atom stereocenters. The van der Waals surface area contributed by atoms with Gasteiger partial charge in [-0.3, -0.25) is 9.59 Å². The van der Waals surface area contributed by atoms with E-state index in [1.807, 2.05) is 29.9 Å². The smallest absolute Gasteiger partial charge is 0.222 e. The van der Waals surface area contributed by atoms with Crippen LogP contribution in [0.2, 0.25) is 0 Å². The van der Waals surface area contributed by atoms with E-state index in [0.29, 0.717) is 101 Å². The number of nitrogen functional groups attached to an aromatic ring is 1. The van der Waals surface area contributed by atoms with Crippen LogP contribution >= 0.6 is 0 Å². The minimum Gasteiger partial charge on any atom is -0.383 e. The first kappa shape index (κ1) is 33.7. The number of nitrogens with one attached hydrogen (secondary N) is 3. The van der Waals surface area contributed by atoms with Crippen LogP contribution in [0.4, 0.5) is 5.82 Å². The Hall–Kier alpha value is -4.18. The maximum Gasteiger partial charge on any atom is 0.222 e. The number of H-pyrrole nitrogens is 1. The molecule has 15 nitrogen and oxygen atoms in total. The lowest BCUT2D eigenvalue weighted by Crippen LogP contribution is -2.26. The van der Waals surface area contributed by atoms with Crippen molar-refractivity contribution in [3.8, 4) is 11.3 Å². The largest absolute Gasteiger partial charge is 0.383 e. The van der Waals surface area contributed by atoms with Gasteiger partial charge in [-0.25, -0.2) is 19.6 Å². The fourth-order valence-electron chi connectivity index (χ4n) is 4.47. The summed E-state index contributed by atoms with van der Waals surface area (Å²) in [6, 6.07) is 3.97. The van der Waals surface area contributed by atoms with E-state index in [1.165, 1.54) is 6.33 Å². The Bertz CT molecular complexity index is 1490. The zero-order valence-electron chi connectivity index (χ0n) is 25.8. The minimum absolute atomic E-state index is 0.0150. The summed E-state index contributed by atoms with van der Waals surface area (Å²) >= 11 is 0. The Morgan fingerprint density at radius 2 is 1.60 bits per heavy atom. The maximum atomic E-state index is 12.2. The second kappa shape index (κ2) is 18.6. The van der Waals surface area contributed by atoms with Gasteiger partial charge in [-0.1, -0.05) is 6.92 Å². The zero-order chi connectivity index (χ0) is 31.7. The van der Waals surface area contributed by atoms with Crippen LogP contribution in [0.5, 0.6) is 0 Å². The van der Waals surface area contributed by atoms with Gasteiger partial charge in [-0.05, 0) is 25.0 Å². The number of aryl methyl sites for hydroxylation is 1. The topological polar surface area (TPSA) is 193 Å². The van der Waals surface area contributed by atoms with E-state index in [2.05, 4.69) is 30.6 Å². The molecule has 0 fully saturated rings. The molecule has 0 aliphatic heterocycles. The van der Waals surface area contributed by atoms with Crippen molar-refractivity contribution >= 4 is 39.7 Å². The van der Waals surface area contributed by atoms with Gasteiger partial charge in [0.25, 0.3) is 0 Å². The molecule has 0 atom stereocenters. The molecule has 0 saturated carbocycles. The van der Waals surface area contributed by atoms with E-state index in [1.54, 1.807) is 6.20 Å². The number of aromatic nitrogens is 6. The number of hydrogen-bond donors (Lipinski definition) is 4. The molecule has 4 rings (SSSR count). The highest BCUT2D eigenvalue weighted by molar-refractivity contribution is 5.99. The molecule has 0 aromatic carbocycles. The van der Waals surface area contributed by atoms with E-state index in [4.69, 9.17) is 29.8 Å². The first-order chi connectivity index (χ1) is 22.1. The van der Waals surface area contributed by atoms with Gasteiger partial charge < -0.3 is 40.3 Å². The monoisotopic (exact) mass is 625 g/mol. The molecular formula is C30H43N9O6. The molecule has 15 heteroatoms. The van der Waals surface area contributed by atoms with Crippen molar-refractivity contribution < 1.29 is 28.5 Å². The molecule has 4 aromatic rings. The van der Waals surface area contributed by atoms with Crippen molar-refractivity contribution in [2.24, 2.45) is 0 Å². The lowest BCUT2D eigenvalue weighted by molar-refractivity contribution is -0.122. The van der Waals surface area contributed by atoms with Crippen molar-refractivity contribution in [1.82, 2.24) is 40.3 Å². The summed E-state index contributed by atoms with van der Waals surface area (Å²) in [4.78, 5) is 39.4. The maximum absolute atomic E-state index is 12.2. The van der Waals surface area contributed by atoms with Crippen molar-refractivity contribution in [1.29, 1.82) is 0 Å². The van der Waals surface area contributed by atoms with Gasteiger partial charge in [0, 0.05) is 55.8 Å². The normalized spacial score (nSPS) is 11.4. The molecular weight excluding hydrogens is 582 g/mol. The number of rotatable bonds is 22. The van der Waals surface area contributed by atoms with Gasteiger partial charge in [0.05, 0.1) is 58.2 Å². The van der Waals surface area contributed by atoms with Crippen LogP contribution in [0.3, 0.4) is 0 Å². The predicted octanol–water partition coefficient (Wildman–Crippen LogP) is 1.83. The van der Waals surface area contributed by atoms with Gasteiger partial charge in [0.15, 0.2) is 5.65 Å². The average Bonchev–Trinajstić information content (AvgIpc) is 3.67. The Kier molecular flexibility index (Phi) is 13.9. The number of hydrogen-bond acceptors (Lipinski definition) is 11. The summed E-state index contributed by atoms with van der Waals surface area (Å²) in [6.45, 7) is 6.94. The molecule has 2 amide bonds. The minimum atomic E-state index is -0.0562. The van der Waals surface area contributed by atoms with Crippen molar-refractivity contribution in [2.75, 3.05) is 71.7 Å². The number of aromatic amines is 1. The molecule has 0 aliphatic carbocycles. The zero-order valence-corrected chi connectivity index (χ0v) is 25.8. The standard InChI is InChI=1S/C30H43N9O6/c1-2-24(40)33-9-12-43-14-16-45-18-17-44-15-13-42-11-6-25(41)32-7-3-4-10-39-30-26(28(31)36-21-37-30)27(38-39)23-19-22-5-8-34-29(22)35-20-23/h5,8,19-21H,2-4,6-7,9-18H2,1H3,(H,32,41)(H,33,40)(H,34,35)(H2,31,36,37). The van der Waals surface area contributed by atoms with Crippen LogP contribution in [0.25, 0.3) is 33.3 Å². The molecule has 244 valence electrons. The van der Waals surface area contributed by atoms with Crippen LogP contribution in [-0.2, 0) is 35.1 Å². The predicted molar refractivity (Wildman–Crippen MR) is 168 cm³/mol. The first-order valence-electron chi connectivity index (χ1n) is 15.3. The number of fused-ring (bicyclic) bond motifs is 2. The molecule has 4 aromatic heterocycles. The third-order valence-electron chi connectivity index (χ3n) is 6.83. The average molecular weight is 626 g/mol. The second-order valence-electron chi connectivity index (χ2n) is 10.1. The number of carbonyl (C=O) groups excluding carboxylic acids is 2. The highest BCUT2D eigenvalue weighted by Crippen LogP contribution is 2.31. The lowest BCUT2D eigenvalue weighted by atomic mass is 10.1. The summed E-state index contributed by atoms with van der Waals surface area (Å²) in [5, 5.41) is 12.2. The number of ether oxygens (including phenoxy) is 4. The third kappa shape index (κ3) is 10.7. The summed E-state index contributed by atoms with van der Waals surface area (Å²) < 4.78 is 23.6. The summed E-state index contributed by atoms with van der Waals surface area (Å²) in [6.07, 6.45) is 7.37. The van der Waals surface area contributed by atoms with Gasteiger partial charge in [0.1, 0.15) is 23.5 Å². The number of pyridine rings is 1. The summed E-state index contributed by atoms with van der Waals surface area (Å²) in [7, 11) is 0. The molecule has 5 N–H and O–H groups in total. The molecule has 0 spiro atoms. The number of anilines is 1. The van der Waals surface area contributed by atoms with Gasteiger partial charge >= 0.3 is 0 Å². The van der Waals surface area contributed by atoms with Crippen molar-refractivity contribution in [3.63, 3.8) is 0 Å². The van der Waals surface area contributed by atoms with Crippen LogP contribution in [0, 0.1) is 0 Å². The molecule has 0 aliphatic rings. The molecule has 0 radical (unpaired) electrons. The van der Waals surface area contributed by atoms with Crippen molar-refractivity contribution in [2.45, 2.75) is 39.2 Å². The molecule has 4 heterocycles. The van der Waals surface area contributed by atoms with Crippen LogP contribution in [0.15, 0.2) is 30.9 Å². The number of amides is 2. The van der Waals surface area contributed by atoms with E-state index < -0.39 is 0 Å². The highest BCUT2D eigenvalue weighted by Gasteiger charge is 2.17. The van der Waals surface area contributed by atoms with Crippen LogP contribution in [0.1, 0.15) is 32.6 Å². The Morgan fingerprint density at radius 3 is 2.36 bits per heavy atom. The van der Waals surface area contributed by atoms with Gasteiger partial charge in [-0.2, -0.15) is 5.10 Å². The fraction of sp³-hybridized carbons (Fsp3) is 0.533. The Morgan fingerprint density at radius 1 is 0.889 bits per heavy atom. The Labute approximate surface area is 261 Å². The van der Waals surface area contributed by atoms with E-state index >= 15 is 0 Å². The van der Waals surface area contributed by atoms with E-state index in [0.717, 1.165) is 29.4 Å². The highest BCUT2D eigenvalue weighted by atomic mass is 16.6. The van der Waals surface area contributed by atoms with Crippen molar-refractivity contribution in [3.05, 3.63) is 30.9 Å². The second-order valence-corrected chi connectivity index (χ2v) is 10.1. The molecule has 45 heavy (non-hydrogen) atoms. The number of nitrogens with zero attached hydrogens (tertiary/aromatic N) is 5. The number of nitrogens with two attached hydrogens (primary N) is 1. The summed E-state index contributed by atoms with van der Waals surface area (Å²) in [5.41, 5.74) is 9.22. The SMILES string of the molecule is CCC(=O)NCCOCCOCCOCCOCCC(=O)NCCCCn1nc(-c2cnc3[nH]ccc3c2)c2c(N)ncnc21. The Balaban J connectivity index is 1.02. The quantitative estimate of drug-likeness (QED) is 0.0931. The van der Waals surface area contributed by atoms with E-state index in [-0.39, 0.29) is 18.2 Å². The van der Waals surface area contributed by atoms with Crippen LogP contribution in [-0.4, -0.2) is 107 Å². The number of carbonyl (C=O) groups is 2. The van der Waals surface area contributed by atoms with Gasteiger partial charge in [0.2, 0.25) is 11.8 Å². The molecule has 0 saturated heterocycles. The van der Waals surface area contributed by atoms with E-state index in [9.17, 15) is 9.59 Å². The fourth-order valence-corrected chi connectivity index (χ4v) is 4.47. The van der Waals surface area contributed by atoms with Crippen LogP contribution < -0.4 is 16.4 Å². The third-order valence-corrected chi connectivity index (χ3v) is 6.83. The lowest BCUT2D eigenvalue weighted by Gasteiger charge is -2.08. The number of unbranched alkanes of at least 4 members (excludes halogenated alkanes) is 1. The summed E-state index contributed by atoms with van der Waals surface area (Å²) in [5.74, 6) is 0.329. The first-order valence-corrected chi connectivity index (χ1v) is 15.3. The molecule has 0 bridgehead atoms.